The van der Waals surface area contributed by atoms with Crippen LogP contribution in [0, 0.1) is 5.41 Å². The van der Waals surface area contributed by atoms with Crippen LogP contribution in [0.3, 0.4) is 0 Å². The highest BCUT2D eigenvalue weighted by atomic mass is 16.5. The first-order valence-electron chi connectivity index (χ1n) is 6.69. The highest BCUT2D eigenvalue weighted by Crippen LogP contribution is 2.24. The Morgan fingerprint density at radius 1 is 0.864 bits per heavy atom. The molecule has 114 valence electrons. The predicted octanol–water partition coefficient (Wildman–Crippen LogP) is -0.206. The van der Waals surface area contributed by atoms with Crippen molar-refractivity contribution in [3.63, 3.8) is 0 Å². The molecule has 0 aliphatic heterocycles. The lowest BCUT2D eigenvalue weighted by Gasteiger charge is -2.35. The van der Waals surface area contributed by atoms with Gasteiger partial charge < -0.3 is 24.5 Å². The second-order valence-corrected chi connectivity index (χ2v) is 4.92. The predicted molar refractivity (Wildman–Crippen MR) is 74.5 cm³/mol. The van der Waals surface area contributed by atoms with Crippen molar-refractivity contribution in [2.75, 3.05) is 6.61 Å². The first kappa shape index (κ1) is 15.6. The normalized spacial score (nSPS) is 10.9. The van der Waals surface area contributed by atoms with Gasteiger partial charge in [-0.25, -0.2) is 0 Å². The minimum atomic E-state index is -2.25. The molecule has 0 fully saturated rings. The molecule has 0 atom stereocenters. The van der Waals surface area contributed by atoms with E-state index in [-0.39, 0.29) is 6.42 Å². The van der Waals surface area contributed by atoms with E-state index in [4.69, 9.17) is 4.74 Å². The van der Waals surface area contributed by atoms with Crippen LogP contribution in [0.15, 0.2) is 60.7 Å². The molecule has 0 N–H and O–H groups in total. The van der Waals surface area contributed by atoms with Crippen molar-refractivity contribution in [2.24, 2.45) is 5.41 Å². The summed E-state index contributed by atoms with van der Waals surface area (Å²) in [6.45, 7) is -0.573. The zero-order valence-electron chi connectivity index (χ0n) is 11.7. The first-order chi connectivity index (χ1) is 10.5. The largest absolute Gasteiger partial charge is 0.549 e. The summed E-state index contributed by atoms with van der Waals surface area (Å²) in [5, 5.41) is 23.0. The molecule has 0 bridgehead atoms. The summed E-state index contributed by atoms with van der Waals surface area (Å²) < 4.78 is 5.32. The first-order valence-corrected chi connectivity index (χ1v) is 6.69. The second-order valence-electron chi connectivity index (χ2n) is 4.92. The number of carboxylic acids is 2. The van der Waals surface area contributed by atoms with E-state index in [1.807, 2.05) is 0 Å². The van der Waals surface area contributed by atoms with Gasteiger partial charge in [-0.2, -0.15) is 0 Å². The summed E-state index contributed by atoms with van der Waals surface area (Å²) in [6, 6.07) is 16.8. The van der Waals surface area contributed by atoms with Crippen LogP contribution >= 0.6 is 0 Å². The van der Waals surface area contributed by atoms with Crippen LogP contribution in [0.5, 0.6) is 5.75 Å². The van der Waals surface area contributed by atoms with Gasteiger partial charge in [0.2, 0.25) is 0 Å². The lowest BCUT2D eigenvalue weighted by atomic mass is 9.82. The zero-order chi connectivity index (χ0) is 16.0. The summed E-state index contributed by atoms with van der Waals surface area (Å²) >= 11 is 0. The van der Waals surface area contributed by atoms with E-state index in [9.17, 15) is 19.8 Å². The fraction of sp³-hybridized carbons (Fsp3) is 0.176. The Bertz CT molecular complexity index is 623. The van der Waals surface area contributed by atoms with E-state index >= 15 is 0 Å². The number of ether oxygens (including phenoxy) is 1. The molecule has 0 spiro atoms. The molecule has 0 aliphatic rings. The maximum absolute atomic E-state index is 11.5. The molecule has 5 nitrogen and oxygen atoms in total. The van der Waals surface area contributed by atoms with E-state index in [0.29, 0.717) is 11.3 Å². The third-order valence-corrected chi connectivity index (χ3v) is 3.36. The van der Waals surface area contributed by atoms with E-state index in [1.165, 1.54) is 0 Å². The summed E-state index contributed by atoms with van der Waals surface area (Å²) in [7, 11) is 0. The summed E-state index contributed by atoms with van der Waals surface area (Å²) in [4.78, 5) is 23.0. The lowest BCUT2D eigenvalue weighted by molar-refractivity contribution is -0.344. The van der Waals surface area contributed by atoms with Crippen molar-refractivity contribution in [3.05, 3.63) is 66.2 Å². The number of carboxylic acid groups (broad SMARTS) is 2. The topological polar surface area (TPSA) is 89.5 Å². The molecule has 22 heavy (non-hydrogen) atoms. The minimum Gasteiger partial charge on any atom is -0.549 e. The van der Waals surface area contributed by atoms with Gasteiger partial charge in [0.15, 0.2) is 0 Å². The molecule has 0 radical (unpaired) electrons. The Labute approximate surface area is 127 Å². The molecule has 5 heteroatoms. The fourth-order valence-electron chi connectivity index (χ4n) is 2.06. The van der Waals surface area contributed by atoms with Crippen LogP contribution in [0.1, 0.15) is 5.56 Å². The van der Waals surface area contributed by atoms with E-state index in [1.54, 1.807) is 60.7 Å². The van der Waals surface area contributed by atoms with Crippen molar-refractivity contribution in [1.82, 2.24) is 0 Å². The van der Waals surface area contributed by atoms with Gasteiger partial charge >= 0.3 is 0 Å². The molecule has 0 aromatic heterocycles. The summed E-state index contributed by atoms with van der Waals surface area (Å²) in [6.07, 6.45) is -0.272. The van der Waals surface area contributed by atoms with Crippen LogP contribution in [-0.2, 0) is 16.0 Å². The summed E-state index contributed by atoms with van der Waals surface area (Å²) in [5.41, 5.74) is -1.70. The highest BCUT2D eigenvalue weighted by Gasteiger charge is 2.35. The molecule has 0 unspecified atom stereocenters. The maximum Gasteiger partial charge on any atom is 0.119 e. The third kappa shape index (κ3) is 3.44. The van der Waals surface area contributed by atoms with Gasteiger partial charge in [-0.15, -0.1) is 0 Å². The molecule has 2 aromatic rings. The molecular formula is C17H14O5-2. The highest BCUT2D eigenvalue weighted by molar-refractivity contribution is 5.96. The Kier molecular flexibility index (Phi) is 4.78. The van der Waals surface area contributed by atoms with Gasteiger partial charge in [0.05, 0.1) is 17.4 Å². The molecule has 0 saturated carbocycles. The van der Waals surface area contributed by atoms with Crippen molar-refractivity contribution in [3.8, 4) is 5.75 Å². The monoisotopic (exact) mass is 298 g/mol. The Hall–Kier alpha value is -2.82. The van der Waals surface area contributed by atoms with E-state index in [0.717, 1.165) is 0 Å². The standard InChI is InChI=1S/C17H16O5/c18-15(19)17(16(20)21,11-13-7-3-1-4-8-13)12-22-14-9-5-2-6-10-14/h1-10H,11-12H2,(H,18,19)(H,20,21)/p-2. The Morgan fingerprint density at radius 2 is 1.36 bits per heavy atom. The average Bonchev–Trinajstić information content (AvgIpc) is 2.53. The number of para-hydroxylation sites is 1. The molecule has 0 amide bonds. The van der Waals surface area contributed by atoms with Gasteiger partial charge in [-0.05, 0) is 24.1 Å². The van der Waals surface area contributed by atoms with Crippen LogP contribution in [0.2, 0.25) is 0 Å². The van der Waals surface area contributed by atoms with Crippen LogP contribution < -0.4 is 14.9 Å². The number of aliphatic carboxylic acids is 2. The molecule has 0 saturated heterocycles. The van der Waals surface area contributed by atoms with Gasteiger partial charge in [-0.1, -0.05) is 48.5 Å². The number of benzene rings is 2. The Balaban J connectivity index is 2.25. The number of rotatable bonds is 7. The third-order valence-electron chi connectivity index (χ3n) is 3.36. The second kappa shape index (κ2) is 6.76. The summed E-state index contributed by atoms with van der Waals surface area (Å²) in [5.74, 6) is -3.08. The van der Waals surface area contributed by atoms with Gasteiger partial charge in [0.1, 0.15) is 12.4 Å². The lowest BCUT2D eigenvalue weighted by Crippen LogP contribution is -2.58. The number of carbonyl (C=O) groups excluding carboxylic acids is 2. The van der Waals surface area contributed by atoms with Crippen molar-refractivity contribution < 1.29 is 24.5 Å². The van der Waals surface area contributed by atoms with Gasteiger partial charge in [-0.3, -0.25) is 0 Å². The number of carbonyl (C=O) groups is 2. The van der Waals surface area contributed by atoms with Crippen molar-refractivity contribution in [1.29, 1.82) is 0 Å². The molecule has 2 aromatic carbocycles. The van der Waals surface area contributed by atoms with Crippen LogP contribution in [0.25, 0.3) is 0 Å². The number of hydrogen-bond acceptors (Lipinski definition) is 5. The van der Waals surface area contributed by atoms with E-state index in [2.05, 4.69) is 0 Å². The zero-order valence-corrected chi connectivity index (χ0v) is 11.7. The van der Waals surface area contributed by atoms with Crippen LogP contribution in [0.4, 0.5) is 0 Å². The SMILES string of the molecule is O=C([O-])C(COc1ccccc1)(Cc1ccccc1)C(=O)[O-]. The average molecular weight is 298 g/mol. The molecule has 0 heterocycles. The smallest absolute Gasteiger partial charge is 0.119 e. The Morgan fingerprint density at radius 3 is 1.86 bits per heavy atom. The van der Waals surface area contributed by atoms with E-state index < -0.39 is 24.0 Å². The van der Waals surface area contributed by atoms with Crippen molar-refractivity contribution >= 4 is 11.9 Å². The molecule has 2 rings (SSSR count). The van der Waals surface area contributed by atoms with Crippen molar-refractivity contribution in [2.45, 2.75) is 6.42 Å². The molecular weight excluding hydrogens is 284 g/mol. The minimum absolute atomic E-state index is 0.272. The molecule has 0 aliphatic carbocycles. The maximum atomic E-state index is 11.5. The number of hydrogen-bond donors (Lipinski definition) is 0. The van der Waals surface area contributed by atoms with Crippen LogP contribution in [-0.4, -0.2) is 18.5 Å². The van der Waals surface area contributed by atoms with Gasteiger partial charge in [0.25, 0.3) is 0 Å². The fourth-order valence-corrected chi connectivity index (χ4v) is 2.06. The van der Waals surface area contributed by atoms with Gasteiger partial charge in [0, 0.05) is 0 Å². The quantitative estimate of drug-likeness (QED) is 0.660.